The molecule has 2 aromatic carbocycles. The normalized spacial score (nSPS) is 20.2. The highest BCUT2D eigenvalue weighted by Gasteiger charge is 2.34. The summed E-state index contributed by atoms with van der Waals surface area (Å²) in [6, 6.07) is 12.5. The van der Waals surface area contributed by atoms with E-state index in [1.165, 1.54) is 46.1 Å². The third-order valence-electron chi connectivity index (χ3n) is 6.27. The number of hydrogen-bond donors (Lipinski definition) is 1. The van der Waals surface area contributed by atoms with Gasteiger partial charge in [-0.2, -0.15) is 8.61 Å². The molecule has 2 aliphatic rings. The number of piperidine rings is 1. The first-order valence-corrected chi connectivity index (χ1v) is 14.2. The van der Waals surface area contributed by atoms with Crippen LogP contribution in [-0.2, 0) is 24.8 Å². The molecule has 9 nitrogen and oxygen atoms in total. The number of carbonyl (C=O) groups is 1. The molecule has 4 rings (SSSR count). The molecule has 34 heavy (non-hydrogen) atoms. The predicted molar refractivity (Wildman–Crippen MR) is 128 cm³/mol. The molecule has 2 heterocycles. The van der Waals surface area contributed by atoms with Crippen molar-refractivity contribution in [3.8, 4) is 5.75 Å². The Kier molecular flexibility index (Phi) is 7.27. The van der Waals surface area contributed by atoms with E-state index in [0.29, 0.717) is 38.2 Å². The molecule has 0 bridgehead atoms. The van der Waals surface area contributed by atoms with Crippen molar-refractivity contribution in [3.63, 3.8) is 0 Å². The number of ether oxygens (including phenoxy) is 1. The molecular weight excluding hydrogens is 478 g/mol. The summed E-state index contributed by atoms with van der Waals surface area (Å²) in [5.74, 6) is -0.615. The maximum Gasteiger partial charge on any atom is 0.243 e. The van der Waals surface area contributed by atoms with Gasteiger partial charge in [-0.05, 0) is 56.0 Å². The summed E-state index contributed by atoms with van der Waals surface area (Å²) < 4.78 is 60.0. The molecule has 0 spiro atoms. The van der Waals surface area contributed by atoms with Crippen LogP contribution in [-0.4, -0.2) is 64.6 Å². The fraction of sp³-hybridized carbons (Fsp3) is 0.435. The molecule has 0 aliphatic carbocycles. The third-order valence-corrected chi connectivity index (χ3v) is 10.0. The quantitative estimate of drug-likeness (QED) is 0.616. The van der Waals surface area contributed by atoms with E-state index in [1.807, 2.05) is 0 Å². The molecule has 0 saturated carbocycles. The van der Waals surface area contributed by atoms with Crippen LogP contribution in [0.1, 0.15) is 25.7 Å². The van der Waals surface area contributed by atoms with Gasteiger partial charge < -0.3 is 10.1 Å². The van der Waals surface area contributed by atoms with E-state index in [1.54, 1.807) is 18.2 Å². The number of carbonyl (C=O) groups excluding carboxylic acids is 1. The average Bonchev–Trinajstić information content (AvgIpc) is 3.41. The van der Waals surface area contributed by atoms with Crippen molar-refractivity contribution >= 4 is 31.6 Å². The van der Waals surface area contributed by atoms with Gasteiger partial charge in [0, 0.05) is 26.2 Å². The zero-order valence-electron chi connectivity index (χ0n) is 19.0. The molecule has 11 heteroatoms. The van der Waals surface area contributed by atoms with Crippen molar-refractivity contribution in [1.82, 2.24) is 8.61 Å². The van der Waals surface area contributed by atoms with Crippen LogP contribution >= 0.6 is 0 Å². The number of benzene rings is 2. The van der Waals surface area contributed by atoms with Crippen molar-refractivity contribution in [2.24, 2.45) is 5.92 Å². The lowest BCUT2D eigenvalue weighted by Gasteiger charge is -2.31. The zero-order chi connectivity index (χ0) is 24.3. The monoisotopic (exact) mass is 507 g/mol. The van der Waals surface area contributed by atoms with Gasteiger partial charge >= 0.3 is 0 Å². The Balaban J connectivity index is 1.53. The fourth-order valence-corrected chi connectivity index (χ4v) is 7.46. The first-order chi connectivity index (χ1) is 16.2. The van der Waals surface area contributed by atoms with E-state index in [0.717, 1.165) is 12.8 Å². The Hall–Kier alpha value is -2.47. The summed E-state index contributed by atoms with van der Waals surface area (Å²) >= 11 is 0. The summed E-state index contributed by atoms with van der Waals surface area (Å²) in [6.07, 6.45) is 2.72. The largest absolute Gasteiger partial charge is 0.495 e. The van der Waals surface area contributed by atoms with Crippen LogP contribution in [0.25, 0.3) is 0 Å². The lowest BCUT2D eigenvalue weighted by atomic mass is 9.98. The average molecular weight is 508 g/mol. The highest BCUT2D eigenvalue weighted by molar-refractivity contribution is 7.89. The zero-order valence-corrected chi connectivity index (χ0v) is 20.6. The molecular formula is C23H29N3O6S2. The van der Waals surface area contributed by atoms with Gasteiger partial charge in [0.15, 0.2) is 0 Å². The van der Waals surface area contributed by atoms with E-state index in [-0.39, 0.29) is 27.9 Å². The van der Waals surface area contributed by atoms with Crippen molar-refractivity contribution < 1.29 is 26.4 Å². The van der Waals surface area contributed by atoms with Crippen LogP contribution < -0.4 is 10.1 Å². The number of nitrogens with one attached hydrogen (secondary N) is 1. The Bertz CT molecular complexity index is 1240. The summed E-state index contributed by atoms with van der Waals surface area (Å²) in [6.45, 7) is 1.35. The molecule has 2 aromatic rings. The molecule has 2 saturated heterocycles. The second-order valence-electron chi connectivity index (χ2n) is 8.48. The van der Waals surface area contributed by atoms with E-state index in [2.05, 4.69) is 5.32 Å². The molecule has 0 aromatic heterocycles. The molecule has 1 N–H and O–H groups in total. The third kappa shape index (κ3) is 4.97. The second kappa shape index (κ2) is 10.0. The minimum atomic E-state index is -3.71. The number of amides is 1. The number of methoxy groups -OCH3 is 1. The minimum Gasteiger partial charge on any atom is -0.495 e. The summed E-state index contributed by atoms with van der Waals surface area (Å²) in [5, 5.41) is 2.78. The van der Waals surface area contributed by atoms with Crippen LogP contribution in [0.5, 0.6) is 5.75 Å². The van der Waals surface area contributed by atoms with Gasteiger partial charge in [0.2, 0.25) is 26.0 Å². The van der Waals surface area contributed by atoms with Crippen molar-refractivity contribution in [3.05, 3.63) is 48.5 Å². The smallest absolute Gasteiger partial charge is 0.243 e. The van der Waals surface area contributed by atoms with E-state index < -0.39 is 26.0 Å². The van der Waals surface area contributed by atoms with E-state index in [9.17, 15) is 21.6 Å². The van der Waals surface area contributed by atoms with Crippen LogP contribution in [0.15, 0.2) is 58.3 Å². The predicted octanol–water partition coefficient (Wildman–Crippen LogP) is 2.52. The molecule has 1 amide bonds. The maximum absolute atomic E-state index is 13.1. The van der Waals surface area contributed by atoms with Crippen molar-refractivity contribution in [2.75, 3.05) is 38.6 Å². The lowest BCUT2D eigenvalue weighted by Crippen LogP contribution is -2.43. The van der Waals surface area contributed by atoms with Gasteiger partial charge in [-0.25, -0.2) is 16.8 Å². The van der Waals surface area contributed by atoms with Crippen LogP contribution in [0.3, 0.4) is 0 Å². The number of rotatable bonds is 7. The molecule has 1 atom stereocenters. The second-order valence-corrected chi connectivity index (χ2v) is 12.4. The van der Waals surface area contributed by atoms with Gasteiger partial charge in [0.05, 0.1) is 28.5 Å². The van der Waals surface area contributed by atoms with E-state index in [4.69, 9.17) is 4.74 Å². The summed E-state index contributed by atoms with van der Waals surface area (Å²) in [4.78, 5) is 13.4. The summed E-state index contributed by atoms with van der Waals surface area (Å²) in [7, 11) is -5.93. The highest BCUT2D eigenvalue weighted by Crippen LogP contribution is 2.31. The van der Waals surface area contributed by atoms with Gasteiger partial charge in [-0.15, -0.1) is 0 Å². The molecule has 2 fully saturated rings. The maximum atomic E-state index is 13.1. The van der Waals surface area contributed by atoms with Gasteiger partial charge in [0.1, 0.15) is 5.75 Å². The van der Waals surface area contributed by atoms with Gasteiger partial charge in [-0.3, -0.25) is 4.79 Å². The van der Waals surface area contributed by atoms with Crippen molar-refractivity contribution in [2.45, 2.75) is 35.5 Å². The van der Waals surface area contributed by atoms with Crippen LogP contribution in [0, 0.1) is 5.92 Å². The molecule has 184 valence electrons. The molecule has 0 radical (unpaired) electrons. The number of hydrogen-bond acceptors (Lipinski definition) is 6. The Labute approximate surface area is 200 Å². The first kappa shape index (κ1) is 24.6. The SMILES string of the molecule is COc1ccc(S(=O)(=O)N2CCCC2)cc1NC(=O)C1CCCN(S(=O)(=O)c2ccccc2)C1. The Morgan fingerprint density at radius 2 is 1.53 bits per heavy atom. The standard InChI is InChI=1S/C23H29N3O6S2/c1-32-22-12-11-20(34(30,31)25-13-5-6-14-25)16-21(22)24-23(27)18-8-7-15-26(17-18)33(28,29)19-9-3-2-4-10-19/h2-4,9-12,16,18H,5-8,13-15,17H2,1H3,(H,24,27). The van der Waals surface area contributed by atoms with Gasteiger partial charge in [-0.1, -0.05) is 18.2 Å². The Morgan fingerprint density at radius 3 is 2.21 bits per heavy atom. The molecule has 2 aliphatic heterocycles. The van der Waals surface area contributed by atoms with Crippen molar-refractivity contribution in [1.29, 1.82) is 0 Å². The number of anilines is 1. The first-order valence-electron chi connectivity index (χ1n) is 11.3. The topological polar surface area (TPSA) is 113 Å². The van der Waals surface area contributed by atoms with Gasteiger partial charge in [0.25, 0.3) is 0 Å². The van der Waals surface area contributed by atoms with Crippen LogP contribution in [0.4, 0.5) is 5.69 Å². The van der Waals surface area contributed by atoms with Crippen LogP contribution in [0.2, 0.25) is 0 Å². The highest BCUT2D eigenvalue weighted by atomic mass is 32.2. The lowest BCUT2D eigenvalue weighted by molar-refractivity contribution is -0.120. The number of nitrogens with zero attached hydrogens (tertiary/aromatic N) is 2. The molecule has 1 unspecified atom stereocenters. The van der Waals surface area contributed by atoms with E-state index >= 15 is 0 Å². The number of sulfonamides is 2. The summed E-state index contributed by atoms with van der Waals surface area (Å²) in [5.41, 5.74) is 0.246. The fourth-order valence-electron chi connectivity index (χ4n) is 4.37. The Morgan fingerprint density at radius 1 is 0.882 bits per heavy atom. The minimum absolute atomic E-state index is 0.0527.